The zero-order valence-electron chi connectivity index (χ0n) is 7.59. The molecule has 0 aromatic heterocycles. The van der Waals surface area contributed by atoms with E-state index in [2.05, 4.69) is 19.2 Å². The second-order valence-electron chi connectivity index (χ2n) is 3.88. The molecule has 70 valence electrons. The molecule has 1 amide bonds. The number of ether oxygens (including phenoxy) is 1. The van der Waals surface area contributed by atoms with Gasteiger partial charge in [0.25, 0.3) is 0 Å². The molecule has 4 nitrogen and oxygen atoms in total. The number of piperidine rings is 1. The fourth-order valence-electron chi connectivity index (χ4n) is 1.51. The number of hydrogen-bond acceptors (Lipinski definition) is 3. The Kier molecular flexibility index (Phi) is 2.57. The van der Waals surface area contributed by atoms with Crippen molar-refractivity contribution in [3.05, 3.63) is 0 Å². The van der Waals surface area contributed by atoms with Gasteiger partial charge in [-0.2, -0.15) is 0 Å². The summed E-state index contributed by atoms with van der Waals surface area (Å²) >= 11 is 0. The molecule has 12 heavy (non-hydrogen) atoms. The average molecular weight is 172 g/mol. The minimum absolute atomic E-state index is 0.00667. The van der Waals surface area contributed by atoms with Crippen molar-refractivity contribution in [2.24, 2.45) is 11.1 Å². The maximum atomic E-state index is 10.5. The van der Waals surface area contributed by atoms with E-state index in [1.807, 2.05) is 0 Å². The highest BCUT2D eigenvalue weighted by Gasteiger charge is 2.34. The largest absolute Gasteiger partial charge is 0.446 e. The molecular weight excluding hydrogens is 156 g/mol. The lowest BCUT2D eigenvalue weighted by atomic mass is 9.82. The molecule has 1 aliphatic heterocycles. The standard InChI is InChI=1S/C8H16N2O2/c1-8(2)5-10-4-3-6(8)12-7(9)11/h6,10H,3-5H2,1-2H3,(H2,9,11). The van der Waals surface area contributed by atoms with Crippen LogP contribution in [0.3, 0.4) is 0 Å². The van der Waals surface area contributed by atoms with Gasteiger partial charge in [0.1, 0.15) is 6.10 Å². The molecule has 1 heterocycles. The zero-order chi connectivity index (χ0) is 9.19. The lowest BCUT2D eigenvalue weighted by Crippen LogP contribution is -2.48. The molecule has 1 saturated heterocycles. The summed E-state index contributed by atoms with van der Waals surface area (Å²) in [6.45, 7) is 5.88. The molecule has 3 N–H and O–H groups in total. The van der Waals surface area contributed by atoms with E-state index in [1.54, 1.807) is 0 Å². The van der Waals surface area contributed by atoms with E-state index in [9.17, 15) is 4.79 Å². The van der Waals surface area contributed by atoms with E-state index < -0.39 is 6.09 Å². The minimum Gasteiger partial charge on any atom is -0.446 e. The predicted molar refractivity (Wildman–Crippen MR) is 45.7 cm³/mol. The molecule has 1 rings (SSSR count). The monoisotopic (exact) mass is 172 g/mol. The molecule has 1 fully saturated rings. The molecule has 0 aromatic carbocycles. The van der Waals surface area contributed by atoms with E-state index in [4.69, 9.17) is 10.5 Å². The number of amides is 1. The number of hydrogen-bond donors (Lipinski definition) is 2. The van der Waals surface area contributed by atoms with Crippen molar-refractivity contribution in [1.29, 1.82) is 0 Å². The first-order valence-corrected chi connectivity index (χ1v) is 4.19. The quantitative estimate of drug-likeness (QED) is 0.604. The smallest absolute Gasteiger partial charge is 0.404 e. The number of carbonyl (C=O) groups is 1. The summed E-state index contributed by atoms with van der Waals surface area (Å²) in [4.78, 5) is 10.5. The van der Waals surface area contributed by atoms with Crippen LogP contribution in [-0.2, 0) is 4.74 Å². The number of nitrogens with two attached hydrogens (primary N) is 1. The normalized spacial score (nSPS) is 28.0. The fraction of sp³-hybridized carbons (Fsp3) is 0.875. The number of primary amides is 1. The van der Waals surface area contributed by atoms with Gasteiger partial charge in [0.15, 0.2) is 0 Å². The summed E-state index contributed by atoms with van der Waals surface area (Å²) in [5.74, 6) is 0. The van der Waals surface area contributed by atoms with Crippen molar-refractivity contribution in [2.45, 2.75) is 26.4 Å². The van der Waals surface area contributed by atoms with Crippen LogP contribution >= 0.6 is 0 Å². The molecule has 0 radical (unpaired) electrons. The molecule has 1 atom stereocenters. The Morgan fingerprint density at radius 1 is 1.67 bits per heavy atom. The predicted octanol–water partition coefficient (Wildman–Crippen LogP) is 0.470. The second kappa shape index (κ2) is 3.31. The molecule has 0 bridgehead atoms. The third-order valence-corrected chi connectivity index (χ3v) is 2.29. The topological polar surface area (TPSA) is 64.3 Å². The van der Waals surface area contributed by atoms with Crippen LogP contribution in [0.4, 0.5) is 4.79 Å². The summed E-state index contributed by atoms with van der Waals surface area (Å²) < 4.78 is 5.01. The van der Waals surface area contributed by atoms with Crippen LogP contribution in [0, 0.1) is 5.41 Å². The van der Waals surface area contributed by atoms with Crippen LogP contribution in [0.15, 0.2) is 0 Å². The summed E-state index contributed by atoms with van der Waals surface area (Å²) in [6.07, 6.45) is 0.127. The number of nitrogens with one attached hydrogen (secondary N) is 1. The third-order valence-electron chi connectivity index (χ3n) is 2.29. The zero-order valence-corrected chi connectivity index (χ0v) is 7.59. The molecule has 1 unspecified atom stereocenters. The Morgan fingerprint density at radius 3 is 2.83 bits per heavy atom. The van der Waals surface area contributed by atoms with Crippen molar-refractivity contribution in [2.75, 3.05) is 13.1 Å². The van der Waals surface area contributed by atoms with Gasteiger partial charge in [-0.05, 0) is 13.0 Å². The number of carbonyl (C=O) groups excluding carboxylic acids is 1. The molecule has 4 heteroatoms. The van der Waals surface area contributed by atoms with Crippen LogP contribution in [0.1, 0.15) is 20.3 Å². The Morgan fingerprint density at radius 2 is 2.33 bits per heavy atom. The Labute approximate surface area is 72.5 Å². The first-order valence-electron chi connectivity index (χ1n) is 4.19. The Bertz CT molecular complexity index is 180. The van der Waals surface area contributed by atoms with E-state index in [1.165, 1.54) is 0 Å². The van der Waals surface area contributed by atoms with E-state index in [0.717, 1.165) is 19.5 Å². The van der Waals surface area contributed by atoms with Gasteiger partial charge in [0.05, 0.1) is 0 Å². The van der Waals surface area contributed by atoms with Gasteiger partial charge in [-0.15, -0.1) is 0 Å². The summed E-state index contributed by atoms with van der Waals surface area (Å²) in [7, 11) is 0. The van der Waals surface area contributed by atoms with Crippen molar-refractivity contribution >= 4 is 6.09 Å². The van der Waals surface area contributed by atoms with Gasteiger partial charge in [-0.1, -0.05) is 13.8 Å². The highest BCUT2D eigenvalue weighted by molar-refractivity contribution is 5.64. The van der Waals surface area contributed by atoms with Gasteiger partial charge in [0, 0.05) is 12.0 Å². The van der Waals surface area contributed by atoms with E-state index in [0.29, 0.717) is 0 Å². The van der Waals surface area contributed by atoms with E-state index in [-0.39, 0.29) is 11.5 Å². The van der Waals surface area contributed by atoms with Crippen LogP contribution < -0.4 is 11.1 Å². The fourth-order valence-corrected chi connectivity index (χ4v) is 1.51. The van der Waals surface area contributed by atoms with Crippen LogP contribution in [-0.4, -0.2) is 25.3 Å². The maximum Gasteiger partial charge on any atom is 0.404 e. The molecule has 0 spiro atoms. The molecule has 0 aromatic rings. The second-order valence-corrected chi connectivity index (χ2v) is 3.88. The first-order chi connectivity index (χ1) is 5.52. The summed E-state index contributed by atoms with van der Waals surface area (Å²) in [5, 5.41) is 3.25. The third kappa shape index (κ3) is 2.11. The molecule has 0 saturated carbocycles. The summed E-state index contributed by atoms with van der Waals surface area (Å²) in [5.41, 5.74) is 4.96. The van der Waals surface area contributed by atoms with Crippen LogP contribution in [0.25, 0.3) is 0 Å². The maximum absolute atomic E-state index is 10.5. The SMILES string of the molecule is CC1(C)CNCCC1OC(N)=O. The van der Waals surface area contributed by atoms with Gasteiger partial charge >= 0.3 is 6.09 Å². The Hall–Kier alpha value is -0.770. The summed E-state index contributed by atoms with van der Waals surface area (Å²) in [6, 6.07) is 0. The van der Waals surface area contributed by atoms with E-state index >= 15 is 0 Å². The van der Waals surface area contributed by atoms with Crippen molar-refractivity contribution < 1.29 is 9.53 Å². The van der Waals surface area contributed by atoms with Crippen LogP contribution in [0.5, 0.6) is 0 Å². The van der Waals surface area contributed by atoms with Crippen LogP contribution in [0.2, 0.25) is 0 Å². The van der Waals surface area contributed by atoms with Gasteiger partial charge < -0.3 is 15.8 Å². The van der Waals surface area contributed by atoms with Gasteiger partial charge in [-0.3, -0.25) is 0 Å². The van der Waals surface area contributed by atoms with Gasteiger partial charge in [-0.25, -0.2) is 4.79 Å². The molecule has 1 aliphatic rings. The lowest BCUT2D eigenvalue weighted by molar-refractivity contribution is 0.00756. The minimum atomic E-state index is -0.671. The Balaban J connectivity index is 2.54. The molecule has 0 aliphatic carbocycles. The van der Waals surface area contributed by atoms with Crippen molar-refractivity contribution in [3.63, 3.8) is 0 Å². The van der Waals surface area contributed by atoms with Crippen molar-refractivity contribution in [1.82, 2.24) is 5.32 Å². The highest BCUT2D eigenvalue weighted by Crippen LogP contribution is 2.27. The lowest BCUT2D eigenvalue weighted by Gasteiger charge is -2.37. The average Bonchev–Trinajstić information content (AvgIpc) is 1.92. The highest BCUT2D eigenvalue weighted by atomic mass is 16.6. The number of rotatable bonds is 1. The first kappa shape index (κ1) is 9.32. The molecular formula is C8H16N2O2. The van der Waals surface area contributed by atoms with Gasteiger partial charge in [0.2, 0.25) is 0 Å². The van der Waals surface area contributed by atoms with Crippen molar-refractivity contribution in [3.8, 4) is 0 Å².